The highest BCUT2D eigenvalue weighted by molar-refractivity contribution is 5.10. The van der Waals surface area contributed by atoms with Gasteiger partial charge in [-0.05, 0) is 40.5 Å². The van der Waals surface area contributed by atoms with E-state index in [2.05, 4.69) is 31.8 Å². The lowest BCUT2D eigenvalue weighted by Crippen LogP contribution is -2.20. The number of allylic oxidation sites excluding steroid dienone is 2. The summed E-state index contributed by atoms with van der Waals surface area (Å²) < 4.78 is 0. The second-order valence-corrected chi connectivity index (χ2v) is 3.47. The fraction of sp³-hybridized carbons (Fsp3) is 0.636. The van der Waals surface area contributed by atoms with Crippen LogP contribution in [0.25, 0.3) is 0 Å². The summed E-state index contributed by atoms with van der Waals surface area (Å²) in [7, 11) is 0. The molecule has 0 spiro atoms. The van der Waals surface area contributed by atoms with Gasteiger partial charge < -0.3 is 5.11 Å². The van der Waals surface area contributed by atoms with E-state index >= 15 is 0 Å². The van der Waals surface area contributed by atoms with Gasteiger partial charge in [0.1, 0.15) is 5.60 Å². The molecule has 1 nitrogen and oxygen atoms in total. The molecule has 0 saturated heterocycles. The maximum absolute atomic E-state index is 9.62. The highest BCUT2D eigenvalue weighted by Crippen LogP contribution is 2.11. The Morgan fingerprint density at radius 1 is 1.50 bits per heavy atom. The molecule has 0 aromatic heterocycles. The van der Waals surface area contributed by atoms with E-state index in [1.807, 2.05) is 0 Å². The lowest BCUT2D eigenvalue weighted by molar-refractivity contribution is 0.113. The van der Waals surface area contributed by atoms with E-state index in [4.69, 9.17) is 0 Å². The fourth-order valence-electron chi connectivity index (χ4n) is 0.974. The maximum atomic E-state index is 9.62. The Hall–Kier alpha value is -0.740. The van der Waals surface area contributed by atoms with Crippen molar-refractivity contribution in [1.29, 1.82) is 0 Å². The highest BCUT2D eigenvalue weighted by Gasteiger charge is 2.14. The van der Waals surface area contributed by atoms with Crippen LogP contribution in [0.4, 0.5) is 0 Å². The van der Waals surface area contributed by atoms with Crippen LogP contribution in [0.15, 0.2) is 11.6 Å². The van der Waals surface area contributed by atoms with Gasteiger partial charge in [-0.25, -0.2) is 0 Å². The summed E-state index contributed by atoms with van der Waals surface area (Å²) in [6, 6.07) is 0. The van der Waals surface area contributed by atoms with Gasteiger partial charge in [-0.1, -0.05) is 17.6 Å². The lowest BCUT2D eigenvalue weighted by atomic mass is 10.0. The zero-order valence-corrected chi connectivity index (χ0v) is 8.44. The van der Waals surface area contributed by atoms with Crippen LogP contribution in [0.5, 0.6) is 0 Å². The number of aliphatic hydroxyl groups is 1. The van der Waals surface area contributed by atoms with Crippen LogP contribution in [0.3, 0.4) is 0 Å². The highest BCUT2D eigenvalue weighted by atomic mass is 16.3. The predicted molar refractivity (Wildman–Crippen MR) is 52.7 cm³/mol. The molecule has 12 heavy (non-hydrogen) atoms. The molecular formula is C11H18O. The van der Waals surface area contributed by atoms with Crippen molar-refractivity contribution in [3.8, 4) is 11.8 Å². The molecule has 0 bridgehead atoms. The summed E-state index contributed by atoms with van der Waals surface area (Å²) in [4.78, 5) is 0. The summed E-state index contributed by atoms with van der Waals surface area (Å²) >= 11 is 0. The molecule has 0 saturated carbocycles. The Balaban J connectivity index is 3.90. The Morgan fingerprint density at radius 2 is 2.08 bits per heavy atom. The van der Waals surface area contributed by atoms with Crippen molar-refractivity contribution >= 4 is 0 Å². The summed E-state index contributed by atoms with van der Waals surface area (Å²) in [5.41, 5.74) is 0.469. The first kappa shape index (κ1) is 11.3. The van der Waals surface area contributed by atoms with Gasteiger partial charge in [0.05, 0.1) is 0 Å². The van der Waals surface area contributed by atoms with Gasteiger partial charge in [0, 0.05) is 0 Å². The molecule has 0 radical (unpaired) electrons. The Labute approximate surface area is 75.5 Å². The minimum atomic E-state index is -0.819. The standard InChI is InChI=1S/C11H18O/c1-5-8-11(4,12)9-6-7-10(2)3/h7,12H,6,9H2,1-4H3. The van der Waals surface area contributed by atoms with Crippen LogP contribution in [-0.2, 0) is 0 Å². The van der Waals surface area contributed by atoms with Crippen LogP contribution < -0.4 is 0 Å². The first-order valence-corrected chi connectivity index (χ1v) is 4.27. The third-order valence-corrected chi connectivity index (χ3v) is 1.58. The zero-order chi connectivity index (χ0) is 9.61. The molecule has 1 atom stereocenters. The maximum Gasteiger partial charge on any atom is 0.123 e. The van der Waals surface area contributed by atoms with Crippen molar-refractivity contribution in [2.75, 3.05) is 0 Å². The van der Waals surface area contributed by atoms with Gasteiger partial charge in [0.2, 0.25) is 0 Å². The molecule has 0 aliphatic rings. The molecule has 1 N–H and O–H groups in total. The summed E-state index contributed by atoms with van der Waals surface area (Å²) in [5.74, 6) is 5.50. The molecule has 0 rings (SSSR count). The minimum absolute atomic E-state index is 0.707. The van der Waals surface area contributed by atoms with Crippen LogP contribution in [0.1, 0.15) is 40.5 Å². The quantitative estimate of drug-likeness (QED) is 0.504. The number of hydrogen-bond donors (Lipinski definition) is 1. The van der Waals surface area contributed by atoms with Crippen LogP contribution in [0.2, 0.25) is 0 Å². The second-order valence-electron chi connectivity index (χ2n) is 3.47. The summed E-state index contributed by atoms with van der Waals surface area (Å²) in [6.07, 6.45) is 3.72. The van der Waals surface area contributed by atoms with Crippen molar-refractivity contribution in [2.24, 2.45) is 0 Å². The topological polar surface area (TPSA) is 20.2 Å². The molecule has 68 valence electrons. The van der Waals surface area contributed by atoms with Gasteiger partial charge >= 0.3 is 0 Å². The van der Waals surface area contributed by atoms with E-state index in [1.165, 1.54) is 5.57 Å². The van der Waals surface area contributed by atoms with Crippen molar-refractivity contribution in [3.05, 3.63) is 11.6 Å². The van der Waals surface area contributed by atoms with Gasteiger partial charge in [0.25, 0.3) is 0 Å². The van der Waals surface area contributed by atoms with Gasteiger partial charge in [-0.3, -0.25) is 0 Å². The van der Waals surface area contributed by atoms with Gasteiger partial charge in [-0.15, -0.1) is 5.92 Å². The van der Waals surface area contributed by atoms with Gasteiger partial charge in [0.15, 0.2) is 0 Å². The Kier molecular flexibility index (Phi) is 4.70. The van der Waals surface area contributed by atoms with Crippen molar-refractivity contribution in [3.63, 3.8) is 0 Å². The van der Waals surface area contributed by atoms with E-state index < -0.39 is 5.60 Å². The molecule has 0 aliphatic carbocycles. The Morgan fingerprint density at radius 3 is 2.50 bits per heavy atom. The van der Waals surface area contributed by atoms with E-state index in [0.717, 1.165) is 6.42 Å². The first-order chi connectivity index (χ1) is 5.48. The van der Waals surface area contributed by atoms with Gasteiger partial charge in [-0.2, -0.15) is 0 Å². The van der Waals surface area contributed by atoms with Crippen molar-refractivity contribution < 1.29 is 5.11 Å². The minimum Gasteiger partial charge on any atom is -0.378 e. The second kappa shape index (κ2) is 5.00. The third-order valence-electron chi connectivity index (χ3n) is 1.58. The molecule has 0 aromatic rings. The van der Waals surface area contributed by atoms with E-state index in [-0.39, 0.29) is 0 Å². The lowest BCUT2D eigenvalue weighted by Gasteiger charge is -2.14. The largest absolute Gasteiger partial charge is 0.378 e. The average Bonchev–Trinajstić information content (AvgIpc) is 1.85. The van der Waals surface area contributed by atoms with E-state index in [0.29, 0.717) is 6.42 Å². The molecule has 0 fully saturated rings. The SMILES string of the molecule is CC#CC(C)(O)CCC=C(C)C. The average molecular weight is 166 g/mol. The third kappa shape index (κ3) is 6.00. The first-order valence-electron chi connectivity index (χ1n) is 4.27. The molecular weight excluding hydrogens is 148 g/mol. The normalized spacial score (nSPS) is 14.1. The van der Waals surface area contributed by atoms with Crippen LogP contribution in [-0.4, -0.2) is 10.7 Å². The molecule has 0 amide bonds. The number of hydrogen-bond acceptors (Lipinski definition) is 1. The molecule has 0 heterocycles. The zero-order valence-electron chi connectivity index (χ0n) is 8.44. The van der Waals surface area contributed by atoms with Crippen LogP contribution in [0, 0.1) is 11.8 Å². The fourth-order valence-corrected chi connectivity index (χ4v) is 0.974. The monoisotopic (exact) mass is 166 g/mol. The molecule has 1 heteroatoms. The number of rotatable bonds is 3. The smallest absolute Gasteiger partial charge is 0.123 e. The summed E-state index contributed by atoms with van der Waals surface area (Å²) in [5, 5.41) is 9.62. The van der Waals surface area contributed by atoms with E-state index in [1.54, 1.807) is 13.8 Å². The molecule has 0 aliphatic heterocycles. The Bertz CT molecular complexity index is 209. The molecule has 0 aromatic carbocycles. The van der Waals surface area contributed by atoms with Crippen molar-refractivity contribution in [2.45, 2.75) is 46.1 Å². The summed E-state index contributed by atoms with van der Waals surface area (Å²) in [6.45, 7) is 7.61. The molecule has 1 unspecified atom stereocenters. The van der Waals surface area contributed by atoms with Crippen molar-refractivity contribution in [1.82, 2.24) is 0 Å². The predicted octanol–water partition coefficient (Wildman–Crippen LogP) is 2.51. The van der Waals surface area contributed by atoms with Crippen LogP contribution >= 0.6 is 0 Å². The van der Waals surface area contributed by atoms with E-state index in [9.17, 15) is 5.11 Å².